The molecule has 0 heterocycles. The molecular weight excluding hydrogens is 332 g/mol. The minimum absolute atomic E-state index is 0.169. The minimum atomic E-state index is -0.196. The number of hydrogen-bond acceptors (Lipinski definition) is 3. The van der Waals surface area contributed by atoms with E-state index in [1.807, 2.05) is 0 Å². The first kappa shape index (κ1) is 13.6. The van der Waals surface area contributed by atoms with E-state index in [2.05, 4.69) is 15.9 Å². The Morgan fingerprint density at radius 2 is 1.48 bits per heavy atom. The Kier molecular flexibility index (Phi) is 3.39. The molecule has 2 aromatic rings. The summed E-state index contributed by atoms with van der Waals surface area (Å²) in [5.41, 5.74) is 2.10. The molecule has 3 rings (SSSR count). The van der Waals surface area contributed by atoms with Gasteiger partial charge < -0.3 is 0 Å². The summed E-state index contributed by atoms with van der Waals surface area (Å²) in [7, 11) is 0. The molecule has 0 bridgehead atoms. The Morgan fingerprint density at radius 1 is 0.857 bits per heavy atom. The van der Waals surface area contributed by atoms with Gasteiger partial charge in [-0.3, -0.25) is 14.4 Å². The Morgan fingerprint density at radius 3 is 2.14 bits per heavy atom. The van der Waals surface area contributed by atoms with Gasteiger partial charge in [-0.05, 0) is 27.6 Å². The van der Waals surface area contributed by atoms with Gasteiger partial charge in [-0.25, -0.2) is 0 Å². The molecule has 0 spiro atoms. The second-order valence-electron chi connectivity index (χ2n) is 4.62. The molecule has 0 amide bonds. The molecule has 1 aliphatic carbocycles. The number of benzene rings is 2. The van der Waals surface area contributed by atoms with Gasteiger partial charge in [0.05, 0.1) is 4.48 Å². The minimum Gasteiger partial charge on any atom is -0.297 e. The fourth-order valence-corrected chi connectivity index (χ4v) is 2.72. The molecule has 1 aliphatic rings. The van der Waals surface area contributed by atoms with E-state index in [9.17, 15) is 14.4 Å². The van der Waals surface area contributed by atoms with E-state index in [1.54, 1.807) is 48.5 Å². The van der Waals surface area contributed by atoms with Gasteiger partial charge in [0, 0.05) is 22.3 Å². The lowest BCUT2D eigenvalue weighted by atomic mass is 9.82. The quantitative estimate of drug-likeness (QED) is 0.530. The maximum absolute atomic E-state index is 12.7. The average Bonchev–Trinajstić information content (AvgIpc) is 2.52. The molecule has 102 valence electrons. The highest BCUT2D eigenvalue weighted by molar-refractivity contribution is 9.12. The van der Waals surface area contributed by atoms with E-state index >= 15 is 0 Å². The summed E-state index contributed by atoms with van der Waals surface area (Å²) in [6.07, 6.45) is 2.19. The Labute approximate surface area is 129 Å². The van der Waals surface area contributed by atoms with E-state index in [-0.39, 0.29) is 11.6 Å². The van der Waals surface area contributed by atoms with Crippen LogP contribution in [0.3, 0.4) is 0 Å². The first-order valence-corrected chi connectivity index (χ1v) is 7.06. The number of carbonyl (C=O) groups excluding carboxylic acids is 3. The van der Waals surface area contributed by atoms with Crippen LogP contribution in [-0.2, 0) is 4.79 Å². The van der Waals surface area contributed by atoms with Crippen LogP contribution in [0.1, 0.15) is 37.4 Å². The van der Waals surface area contributed by atoms with Crippen molar-refractivity contribution < 1.29 is 14.4 Å². The van der Waals surface area contributed by atoms with Crippen molar-refractivity contribution in [2.45, 2.75) is 0 Å². The van der Waals surface area contributed by atoms with Gasteiger partial charge in [0.1, 0.15) is 0 Å². The summed E-state index contributed by atoms with van der Waals surface area (Å²) >= 11 is 3.10. The predicted octanol–water partition coefficient (Wildman–Crippen LogP) is 3.40. The summed E-state index contributed by atoms with van der Waals surface area (Å²) in [6.45, 7) is 0. The first-order valence-electron chi connectivity index (χ1n) is 6.27. The highest BCUT2D eigenvalue weighted by atomic mass is 79.9. The molecule has 0 aromatic heterocycles. The number of hydrogen-bond donors (Lipinski definition) is 0. The second kappa shape index (κ2) is 5.22. The number of halogens is 1. The lowest BCUT2D eigenvalue weighted by molar-refractivity contribution is -0.104. The lowest BCUT2D eigenvalue weighted by Crippen LogP contribution is -2.21. The van der Waals surface area contributed by atoms with Gasteiger partial charge in [-0.2, -0.15) is 0 Å². The number of allylic oxidation sites excluding steroid dienone is 1. The fourth-order valence-electron chi connectivity index (χ4n) is 2.47. The smallest absolute Gasteiger partial charge is 0.195 e. The number of fused-ring (bicyclic) bond motifs is 2. The van der Waals surface area contributed by atoms with Crippen molar-refractivity contribution in [1.82, 2.24) is 0 Å². The van der Waals surface area contributed by atoms with Gasteiger partial charge >= 0.3 is 0 Å². The van der Waals surface area contributed by atoms with E-state index in [1.165, 1.54) is 0 Å². The Hall–Kier alpha value is -2.33. The van der Waals surface area contributed by atoms with Crippen LogP contribution < -0.4 is 0 Å². The summed E-state index contributed by atoms with van der Waals surface area (Å²) in [5, 5.41) is 0. The highest BCUT2D eigenvalue weighted by Gasteiger charge is 2.30. The van der Waals surface area contributed by atoms with E-state index < -0.39 is 0 Å². The molecule has 0 radical (unpaired) electrons. The van der Waals surface area contributed by atoms with Crippen LogP contribution in [-0.4, -0.2) is 17.9 Å². The third kappa shape index (κ3) is 2.17. The third-order valence-corrected chi connectivity index (χ3v) is 3.81. The zero-order valence-corrected chi connectivity index (χ0v) is 12.4. The Balaban J connectivity index is 2.28. The maximum atomic E-state index is 12.7. The van der Waals surface area contributed by atoms with Crippen LogP contribution in [0, 0.1) is 0 Å². The number of carbonyl (C=O) groups is 3. The van der Waals surface area contributed by atoms with Gasteiger partial charge in [0.25, 0.3) is 0 Å². The molecule has 0 unspecified atom stereocenters. The van der Waals surface area contributed by atoms with Crippen molar-refractivity contribution in [1.29, 1.82) is 0 Å². The molecule has 21 heavy (non-hydrogen) atoms. The third-order valence-electron chi connectivity index (χ3n) is 3.39. The van der Waals surface area contributed by atoms with Crippen LogP contribution in [0.25, 0.3) is 6.08 Å². The first-order chi connectivity index (χ1) is 10.1. The summed E-state index contributed by atoms with van der Waals surface area (Å²) in [5.74, 6) is -0.365. The molecule has 0 fully saturated rings. The van der Waals surface area contributed by atoms with E-state index in [0.29, 0.717) is 38.6 Å². The second-order valence-corrected chi connectivity index (χ2v) is 5.54. The molecule has 0 atom stereocenters. The van der Waals surface area contributed by atoms with Crippen LogP contribution in [0.15, 0.2) is 46.9 Å². The monoisotopic (exact) mass is 340 g/mol. The zero-order chi connectivity index (χ0) is 15.0. The van der Waals surface area contributed by atoms with Gasteiger partial charge in [0.2, 0.25) is 0 Å². The fraction of sp³-hybridized carbons (Fsp3) is 0. The van der Waals surface area contributed by atoms with E-state index in [0.717, 1.165) is 0 Å². The molecule has 0 aliphatic heterocycles. The van der Waals surface area contributed by atoms with Crippen LogP contribution in [0.5, 0.6) is 0 Å². The number of aldehydes is 1. The zero-order valence-electron chi connectivity index (χ0n) is 10.8. The summed E-state index contributed by atoms with van der Waals surface area (Å²) < 4.78 is 0.315. The highest BCUT2D eigenvalue weighted by Crippen LogP contribution is 2.30. The van der Waals surface area contributed by atoms with Crippen LogP contribution >= 0.6 is 15.9 Å². The van der Waals surface area contributed by atoms with Gasteiger partial charge in [0.15, 0.2) is 17.9 Å². The SMILES string of the molecule is O=C/C(Br)=C/c1cccc2c1C(=O)c1ccccc1C2=O. The predicted molar refractivity (Wildman–Crippen MR) is 82.7 cm³/mol. The standard InChI is InChI=1S/C17H9BrO3/c18-11(9-19)8-10-4-3-7-14-15(10)17(21)13-6-2-1-5-12(13)16(14)20/h1-9H/b11-8-. The normalized spacial score (nSPS) is 13.7. The molecule has 0 N–H and O–H groups in total. The molecular formula is C17H9BrO3. The maximum Gasteiger partial charge on any atom is 0.195 e. The molecule has 2 aromatic carbocycles. The average molecular weight is 341 g/mol. The Bertz CT molecular complexity index is 819. The number of ketones is 2. The summed E-state index contributed by atoms with van der Waals surface area (Å²) in [6, 6.07) is 11.8. The van der Waals surface area contributed by atoms with Crippen LogP contribution in [0.4, 0.5) is 0 Å². The molecule has 0 saturated carbocycles. The lowest BCUT2D eigenvalue weighted by Gasteiger charge is -2.18. The van der Waals surface area contributed by atoms with Crippen molar-refractivity contribution in [2.75, 3.05) is 0 Å². The largest absolute Gasteiger partial charge is 0.297 e. The number of rotatable bonds is 2. The topological polar surface area (TPSA) is 51.2 Å². The molecule has 4 heteroatoms. The van der Waals surface area contributed by atoms with Gasteiger partial charge in [-0.15, -0.1) is 0 Å². The summed E-state index contributed by atoms with van der Waals surface area (Å²) in [4.78, 5) is 35.9. The van der Waals surface area contributed by atoms with Crippen molar-refractivity contribution in [2.24, 2.45) is 0 Å². The van der Waals surface area contributed by atoms with Crippen molar-refractivity contribution in [3.05, 3.63) is 74.8 Å². The van der Waals surface area contributed by atoms with E-state index in [4.69, 9.17) is 0 Å². The molecule has 0 saturated heterocycles. The van der Waals surface area contributed by atoms with Crippen molar-refractivity contribution in [3.8, 4) is 0 Å². The van der Waals surface area contributed by atoms with Crippen LogP contribution in [0.2, 0.25) is 0 Å². The van der Waals surface area contributed by atoms with Gasteiger partial charge in [-0.1, -0.05) is 42.5 Å². The van der Waals surface area contributed by atoms with Crippen molar-refractivity contribution in [3.63, 3.8) is 0 Å². The molecule has 3 nitrogen and oxygen atoms in total. The van der Waals surface area contributed by atoms with Crippen molar-refractivity contribution >= 4 is 39.9 Å².